The van der Waals surface area contributed by atoms with Gasteiger partial charge in [-0.15, -0.1) is 0 Å². The van der Waals surface area contributed by atoms with Gasteiger partial charge >= 0.3 is 0 Å². The Morgan fingerprint density at radius 2 is 1.65 bits per heavy atom. The molecular weight excluding hydrogens is 264 g/mol. The lowest BCUT2D eigenvalue weighted by Gasteiger charge is -2.18. The molecule has 0 aliphatic heterocycles. The molecule has 0 unspecified atom stereocenters. The number of aryl methyl sites for hydroxylation is 1. The zero-order valence-electron chi connectivity index (χ0n) is 13.6. The van der Waals surface area contributed by atoms with Gasteiger partial charge in [-0.05, 0) is 44.0 Å². The zero-order chi connectivity index (χ0) is 14.8. The smallest absolute Gasteiger partial charge is 0.160 e. The Kier molecular flexibility index (Phi) is 8.59. The van der Waals surface area contributed by atoms with Gasteiger partial charge in [0.1, 0.15) is 0 Å². The molecule has 0 bridgehead atoms. The van der Waals surface area contributed by atoms with E-state index in [0.29, 0.717) is 6.61 Å². The molecular formula is C17H30O2Si. The molecule has 1 heterocycles. The molecule has 1 aromatic heterocycles. The highest BCUT2D eigenvalue weighted by Gasteiger charge is 2.15. The molecule has 0 aliphatic rings. The van der Waals surface area contributed by atoms with Crippen molar-refractivity contribution in [2.75, 3.05) is 13.2 Å². The van der Waals surface area contributed by atoms with E-state index in [1.54, 1.807) is 5.17 Å². The van der Waals surface area contributed by atoms with Gasteiger partial charge in [0.2, 0.25) is 0 Å². The molecule has 0 fully saturated rings. The molecule has 1 aromatic rings. The zero-order valence-corrected chi connectivity index (χ0v) is 14.6. The highest BCUT2D eigenvalue weighted by atomic mass is 28.2. The minimum Gasteiger partial charge on any atom is -0.490 e. The molecule has 1 rings (SSSR count). The second kappa shape index (κ2) is 9.98. The van der Waals surface area contributed by atoms with Crippen LogP contribution < -0.4 is 9.47 Å². The molecule has 0 aliphatic carbocycles. The Balaban J connectivity index is 3.12. The van der Waals surface area contributed by atoms with E-state index < -0.39 is 8.40 Å². The molecule has 0 N–H and O–H groups in total. The summed E-state index contributed by atoms with van der Waals surface area (Å²) in [5, 5.41) is 1.55. The number of rotatable bonds is 10. The highest BCUT2D eigenvalue weighted by Crippen LogP contribution is 2.32. The third-order valence-corrected chi connectivity index (χ3v) is 6.20. The molecule has 2 nitrogen and oxygen atoms in total. The van der Waals surface area contributed by atoms with Gasteiger partial charge in [-0.1, -0.05) is 38.8 Å². The van der Waals surface area contributed by atoms with E-state index in [1.807, 2.05) is 6.92 Å². The molecule has 0 saturated heterocycles. The largest absolute Gasteiger partial charge is 0.490 e. The summed E-state index contributed by atoms with van der Waals surface area (Å²) in [7, 11) is -0.569. The van der Waals surface area contributed by atoms with Crippen LogP contribution in [0.2, 0.25) is 0 Å². The first-order chi connectivity index (χ1) is 9.78. The van der Waals surface area contributed by atoms with Gasteiger partial charge in [0.05, 0.1) is 13.2 Å². The van der Waals surface area contributed by atoms with Crippen LogP contribution in [0, 0.1) is 0 Å². The second-order valence-corrected chi connectivity index (χ2v) is 7.59. The third kappa shape index (κ3) is 4.93. The van der Waals surface area contributed by atoms with Crippen LogP contribution in [0.4, 0.5) is 0 Å². The molecule has 0 saturated carbocycles. The van der Waals surface area contributed by atoms with Crippen molar-refractivity contribution in [3.05, 3.63) is 16.9 Å². The summed E-state index contributed by atoms with van der Waals surface area (Å²) in [6.07, 6.45) is 6.25. The van der Waals surface area contributed by atoms with Gasteiger partial charge in [-0.2, -0.15) is 0 Å². The van der Waals surface area contributed by atoms with Crippen molar-refractivity contribution in [2.24, 2.45) is 0 Å². The van der Waals surface area contributed by atoms with Crippen molar-refractivity contribution < 1.29 is 9.47 Å². The van der Waals surface area contributed by atoms with Crippen molar-refractivity contribution in [3.63, 3.8) is 0 Å². The van der Waals surface area contributed by atoms with Crippen LogP contribution in [0.15, 0.2) is 11.7 Å². The van der Waals surface area contributed by atoms with Gasteiger partial charge in [-0.25, -0.2) is 0 Å². The average molecular weight is 295 g/mol. The van der Waals surface area contributed by atoms with E-state index in [2.05, 4.69) is 32.5 Å². The molecule has 0 aromatic carbocycles. The number of hydrogen-bond acceptors (Lipinski definition) is 2. The molecule has 0 atom stereocenters. The third-order valence-electron chi connectivity index (χ3n) is 3.49. The molecule has 0 spiro atoms. The van der Waals surface area contributed by atoms with Crippen molar-refractivity contribution >= 4 is 8.40 Å². The maximum Gasteiger partial charge on any atom is 0.160 e. The van der Waals surface area contributed by atoms with Crippen LogP contribution in [0.25, 0.3) is 0 Å². The van der Waals surface area contributed by atoms with Gasteiger partial charge in [0.25, 0.3) is 0 Å². The van der Waals surface area contributed by atoms with Crippen molar-refractivity contribution in [1.82, 2.24) is 0 Å². The predicted molar refractivity (Wildman–Crippen MR) is 88.2 cm³/mol. The Labute approximate surface area is 126 Å². The van der Waals surface area contributed by atoms with E-state index in [-0.39, 0.29) is 0 Å². The van der Waals surface area contributed by atoms with Crippen LogP contribution in [0.3, 0.4) is 0 Å². The van der Waals surface area contributed by atoms with Crippen LogP contribution in [0.5, 0.6) is 11.5 Å². The van der Waals surface area contributed by atoms with E-state index in [1.165, 1.54) is 38.1 Å². The lowest BCUT2D eigenvalue weighted by Crippen LogP contribution is -2.12. The first-order valence-electron chi connectivity index (χ1n) is 8.18. The monoisotopic (exact) mass is 294 g/mol. The number of ether oxygens (including phenoxy) is 2. The predicted octanol–water partition coefficient (Wildman–Crippen LogP) is 4.65. The maximum absolute atomic E-state index is 5.96. The summed E-state index contributed by atoms with van der Waals surface area (Å²) in [5.41, 5.74) is 2.42. The van der Waals surface area contributed by atoms with E-state index in [0.717, 1.165) is 18.1 Å². The fourth-order valence-corrected chi connectivity index (χ4v) is 5.19. The summed E-state index contributed by atoms with van der Waals surface area (Å²) >= 11 is 0. The summed E-state index contributed by atoms with van der Waals surface area (Å²) in [5.74, 6) is 2.01. The Bertz CT molecular complexity index is 391. The lowest BCUT2D eigenvalue weighted by molar-refractivity contribution is 0.286. The lowest BCUT2D eigenvalue weighted by atomic mass is 10.2. The Morgan fingerprint density at radius 1 is 0.950 bits per heavy atom. The molecule has 114 valence electrons. The quantitative estimate of drug-likeness (QED) is 0.585. The SMILES string of the molecule is CCCCc1c(OCC)c(OCC)cc[si]1CCCC. The van der Waals surface area contributed by atoms with Crippen LogP contribution >= 0.6 is 0 Å². The highest BCUT2D eigenvalue weighted by molar-refractivity contribution is 6.53. The van der Waals surface area contributed by atoms with Gasteiger partial charge in [-0.3, -0.25) is 0 Å². The van der Waals surface area contributed by atoms with E-state index in [4.69, 9.17) is 9.47 Å². The normalized spacial score (nSPS) is 10.6. The van der Waals surface area contributed by atoms with Crippen molar-refractivity contribution in [3.8, 4) is 11.5 Å². The second-order valence-electron chi connectivity index (χ2n) is 5.10. The summed E-state index contributed by atoms with van der Waals surface area (Å²) in [4.78, 5) is 0. The van der Waals surface area contributed by atoms with E-state index in [9.17, 15) is 0 Å². The van der Waals surface area contributed by atoms with Gasteiger partial charge in [0, 0.05) is 8.40 Å². The minimum absolute atomic E-state index is 0.569. The van der Waals surface area contributed by atoms with Crippen LogP contribution in [-0.4, -0.2) is 21.6 Å². The first-order valence-corrected chi connectivity index (χ1v) is 9.97. The van der Waals surface area contributed by atoms with Gasteiger partial charge < -0.3 is 9.47 Å². The standard InChI is InChI=1S/C17H30O2Si/c1-5-9-11-16-17(19-8-4)15(18-7-3)12-14-20(16)13-10-6-2/h12,14H,5-11,13H2,1-4H3. The fourth-order valence-electron chi connectivity index (χ4n) is 2.45. The average Bonchev–Trinajstić information content (AvgIpc) is 2.46. The van der Waals surface area contributed by atoms with E-state index >= 15 is 0 Å². The first kappa shape index (κ1) is 17.2. The topological polar surface area (TPSA) is 18.5 Å². The molecule has 20 heavy (non-hydrogen) atoms. The minimum atomic E-state index is -0.569. The summed E-state index contributed by atoms with van der Waals surface area (Å²) in [6, 6.07) is 3.49. The maximum atomic E-state index is 5.96. The summed E-state index contributed by atoms with van der Waals surface area (Å²) in [6.45, 7) is 10.0. The Hall–Kier alpha value is -0.833. The van der Waals surface area contributed by atoms with Crippen molar-refractivity contribution in [1.29, 1.82) is 0 Å². The molecule has 3 heteroatoms. The number of hydrogen-bond donors (Lipinski definition) is 0. The number of unbranched alkanes of at least 4 members (excludes halogenated alkanes) is 2. The van der Waals surface area contributed by atoms with Gasteiger partial charge in [0.15, 0.2) is 11.5 Å². The van der Waals surface area contributed by atoms with Crippen molar-refractivity contribution in [2.45, 2.75) is 65.8 Å². The van der Waals surface area contributed by atoms with Crippen LogP contribution in [-0.2, 0) is 12.5 Å². The molecule has 0 amide bonds. The Morgan fingerprint density at radius 3 is 2.25 bits per heavy atom. The summed E-state index contributed by atoms with van der Waals surface area (Å²) < 4.78 is 11.7. The fraction of sp³-hybridized carbons (Fsp3) is 0.706. The molecule has 0 radical (unpaired) electrons. The van der Waals surface area contributed by atoms with Crippen LogP contribution in [0.1, 0.15) is 58.6 Å².